The zero-order valence-electron chi connectivity index (χ0n) is 53.2. The van der Waals surface area contributed by atoms with Crippen molar-refractivity contribution >= 4 is 76.8 Å². The van der Waals surface area contributed by atoms with Crippen LogP contribution in [0.25, 0.3) is 0 Å². The van der Waals surface area contributed by atoms with Gasteiger partial charge in [-0.2, -0.15) is 0 Å². The summed E-state index contributed by atoms with van der Waals surface area (Å²) in [5.41, 5.74) is -0.945. The molecule has 4 rings (SSSR count). The molecule has 30 nitrogen and oxygen atoms in total. The van der Waals surface area contributed by atoms with Gasteiger partial charge in [-0.25, -0.2) is 4.79 Å². The van der Waals surface area contributed by atoms with Crippen molar-refractivity contribution in [3.8, 4) is 0 Å². The van der Waals surface area contributed by atoms with E-state index in [9.17, 15) is 53.1 Å². The Labute approximate surface area is 513 Å². The molecule has 0 amide bonds. The lowest BCUT2D eigenvalue weighted by molar-refractivity contribution is -0.388. The summed E-state index contributed by atoms with van der Waals surface area (Å²) in [6, 6.07) is 0. The van der Waals surface area contributed by atoms with Crippen molar-refractivity contribution in [1.29, 1.82) is 0 Å². The van der Waals surface area contributed by atoms with Crippen LogP contribution in [0.4, 0.5) is 0 Å². The topological polar surface area (TPSA) is 366 Å². The number of hydrogen-bond donors (Lipinski definition) is 1. The van der Waals surface area contributed by atoms with Crippen molar-refractivity contribution in [3.63, 3.8) is 0 Å². The zero-order chi connectivity index (χ0) is 66.5. The highest BCUT2D eigenvalue weighted by molar-refractivity contribution is 6.84. The highest BCUT2D eigenvalue weighted by Crippen LogP contribution is 2.49. The van der Waals surface area contributed by atoms with Gasteiger partial charge in [-0.05, 0) is 22.2 Å². The molecule has 500 valence electrons. The first kappa shape index (κ1) is 74.9. The third-order valence-corrected chi connectivity index (χ3v) is 24.9. The second-order valence-corrected chi connectivity index (χ2v) is 31.6. The molecule has 0 spiro atoms. The molecule has 32 heteroatoms. The molecular formula is C56H88O30Si2. The van der Waals surface area contributed by atoms with E-state index in [0.29, 0.717) is 0 Å². The highest BCUT2D eigenvalue weighted by Gasteiger charge is 2.66. The molecule has 4 fully saturated rings. The molecule has 88 heavy (non-hydrogen) atoms. The summed E-state index contributed by atoms with van der Waals surface area (Å²) in [5.74, 6) is -12.9. The molecule has 0 aromatic rings. The lowest BCUT2D eigenvalue weighted by Crippen LogP contribution is -2.70. The number of carbonyl (C=O) groups is 10. The van der Waals surface area contributed by atoms with Gasteiger partial charge in [-0.3, -0.25) is 43.2 Å². The summed E-state index contributed by atoms with van der Waals surface area (Å²) in [6.07, 6.45) is -30.6. The first-order valence-corrected chi connectivity index (χ1v) is 32.7. The Balaban J connectivity index is 2.18. The molecule has 17 atom stereocenters. The number of hydrogen-bond acceptors (Lipinski definition) is 30. The molecule has 0 bridgehead atoms. The van der Waals surface area contributed by atoms with Crippen molar-refractivity contribution in [2.75, 3.05) is 33.5 Å². The Kier molecular flexibility index (Phi) is 27.6. The average Bonchev–Trinajstić information content (AvgIpc) is 1.23. The van der Waals surface area contributed by atoms with Crippen LogP contribution in [0.2, 0.25) is 22.2 Å². The Morgan fingerprint density at radius 3 is 1.33 bits per heavy atom. The van der Waals surface area contributed by atoms with Crippen LogP contribution in [0.1, 0.15) is 124 Å². The van der Waals surface area contributed by atoms with E-state index in [1.807, 2.05) is 55.4 Å². The molecule has 0 unspecified atom stereocenters. The predicted octanol–water partition coefficient (Wildman–Crippen LogP) is 3.03. The Bertz CT molecular complexity index is 2450. The predicted molar refractivity (Wildman–Crippen MR) is 299 cm³/mol. The second-order valence-electron chi connectivity index (χ2n) is 22.7. The number of rotatable bonds is 26. The van der Waals surface area contributed by atoms with Crippen molar-refractivity contribution < 1.29 is 142 Å². The van der Waals surface area contributed by atoms with E-state index < -0.39 is 200 Å². The van der Waals surface area contributed by atoms with E-state index in [1.54, 1.807) is 0 Å². The first-order chi connectivity index (χ1) is 41.0. The third kappa shape index (κ3) is 18.8. The molecule has 0 aromatic carbocycles. The normalized spacial score (nSPS) is 30.9. The van der Waals surface area contributed by atoms with Crippen LogP contribution in [0, 0.1) is 0 Å². The average molecular weight is 1300 g/mol. The Hall–Kier alpha value is -5.53. The van der Waals surface area contributed by atoms with Crippen LogP contribution in [0.15, 0.2) is 12.7 Å². The Morgan fingerprint density at radius 2 is 0.943 bits per heavy atom. The summed E-state index contributed by atoms with van der Waals surface area (Å²) < 4.78 is 117. The summed E-state index contributed by atoms with van der Waals surface area (Å²) in [6.45, 7) is 25.7. The minimum absolute atomic E-state index is 0.173. The van der Waals surface area contributed by atoms with Gasteiger partial charge in [0.25, 0.3) is 5.79 Å². The molecule has 0 saturated carbocycles. The molecule has 4 aliphatic heterocycles. The number of aliphatic hydroxyl groups is 1. The van der Waals surface area contributed by atoms with Crippen LogP contribution in [-0.4, -0.2) is 219 Å². The van der Waals surface area contributed by atoms with Gasteiger partial charge in [0.05, 0.1) is 32.5 Å². The van der Waals surface area contributed by atoms with Gasteiger partial charge in [0.1, 0.15) is 43.7 Å². The van der Waals surface area contributed by atoms with Gasteiger partial charge in [0.2, 0.25) is 0 Å². The van der Waals surface area contributed by atoms with Crippen molar-refractivity contribution in [3.05, 3.63) is 12.7 Å². The maximum atomic E-state index is 14.1. The van der Waals surface area contributed by atoms with Gasteiger partial charge in [0.15, 0.2) is 55.3 Å². The van der Waals surface area contributed by atoms with Crippen molar-refractivity contribution in [2.45, 2.75) is 250 Å². The molecule has 4 aliphatic rings. The van der Waals surface area contributed by atoms with Crippen LogP contribution in [-0.2, 0) is 137 Å². The maximum absolute atomic E-state index is 14.1. The van der Waals surface area contributed by atoms with Gasteiger partial charge in [-0.15, -0.1) is 6.58 Å². The first-order valence-electron chi connectivity index (χ1n) is 28.8. The molecule has 0 aliphatic carbocycles. The van der Waals surface area contributed by atoms with E-state index in [0.717, 1.165) is 69.4 Å². The lowest BCUT2D eigenvalue weighted by Gasteiger charge is -2.52. The number of aliphatic hydroxyl groups excluding tert-OH is 1. The minimum Gasteiger partial charge on any atom is -0.465 e. The van der Waals surface area contributed by atoms with Crippen LogP contribution >= 0.6 is 0 Å². The van der Waals surface area contributed by atoms with Crippen LogP contribution in [0.5, 0.6) is 0 Å². The van der Waals surface area contributed by atoms with Gasteiger partial charge < -0.3 is 93.9 Å². The minimum atomic E-state index is -3.62. The number of esters is 10. The number of ether oxygens (including phenoxy) is 16. The lowest BCUT2D eigenvalue weighted by atomic mass is 9.91. The van der Waals surface area contributed by atoms with E-state index >= 15 is 0 Å². The summed E-state index contributed by atoms with van der Waals surface area (Å²) >= 11 is 0. The van der Waals surface area contributed by atoms with E-state index in [1.165, 1.54) is 6.08 Å². The van der Waals surface area contributed by atoms with Gasteiger partial charge in [-0.1, -0.05) is 61.5 Å². The van der Waals surface area contributed by atoms with Gasteiger partial charge in [0, 0.05) is 68.7 Å². The van der Waals surface area contributed by atoms with E-state index in [2.05, 4.69) is 6.58 Å². The monoisotopic (exact) mass is 1300 g/mol. The third-order valence-electron chi connectivity index (χ3n) is 14.6. The molecular weight excluding hydrogens is 1210 g/mol. The smallest absolute Gasteiger partial charge is 0.366 e. The number of methoxy groups -OCH3 is 1. The van der Waals surface area contributed by atoms with Crippen LogP contribution in [0.3, 0.4) is 0 Å². The molecule has 4 heterocycles. The molecule has 0 radical (unpaired) electrons. The number of carbonyl (C=O) groups excluding carboxylic acids is 10. The van der Waals surface area contributed by atoms with Gasteiger partial charge >= 0.3 is 76.8 Å². The fourth-order valence-electron chi connectivity index (χ4n) is 11.2. The fourth-order valence-corrected chi connectivity index (χ4v) is 22.3. The van der Waals surface area contributed by atoms with E-state index in [4.69, 9.17) is 88.8 Å². The molecule has 0 aromatic heterocycles. The van der Waals surface area contributed by atoms with Crippen LogP contribution < -0.4 is 0 Å². The summed E-state index contributed by atoms with van der Waals surface area (Å²) in [4.78, 5) is 131. The standard InChI is InChI=1S/C56H88O30Si2/c1-20-21-71-56(55(67)68-19)22-39(66)43(46(84-56)42-25-72-87(26(2)3,27(4)5)86-88(85-42,28(6)7)29(8)9)80-53-52(79-38(18)65)50(48(76-35(15)62)45(81-53)41(74-33(13)60)24-70-31(11)58)83-54-51(78-37(17)64)49(77-36(16)63)47(75-34(14)61)44(82-54)40(73-32(12)59)23-69-30(10)57/h20,26-29,39-54,66H,1,21-25H2,2-19H3/t39-,40+,41+,42+,43-,44-,45-,46-,47-,48-,49+,50+,51+,52+,53+,54-,56-/m1/s1. The van der Waals surface area contributed by atoms with Crippen molar-refractivity contribution in [2.24, 2.45) is 0 Å². The zero-order valence-corrected chi connectivity index (χ0v) is 55.2. The summed E-state index contributed by atoms with van der Waals surface area (Å²) in [7, 11) is -5.90. The largest absolute Gasteiger partial charge is 0.465 e. The molecule has 4 saturated heterocycles. The maximum Gasteiger partial charge on any atom is 0.366 e. The molecule has 1 N–H and O–H groups in total. The van der Waals surface area contributed by atoms with E-state index in [-0.39, 0.29) is 35.4 Å². The van der Waals surface area contributed by atoms with Crippen molar-refractivity contribution in [1.82, 2.24) is 0 Å². The Morgan fingerprint density at radius 1 is 0.545 bits per heavy atom. The SMILES string of the molecule is C=CCO[C@]1(C(=O)OC)C[C@@H](O)[C@@H](O[C@H]2O[C@H]([C@H](COC(C)=O)OC(C)=O)[C@@H](OC(C)=O)[C@H](O[C@H]3O[C@H]([C@H](COC(C)=O)OC(C)=O)[C@@H](OC(C)=O)[C@H](OC(C)=O)[C@@H]3OC(C)=O)[C@@H]2OC(C)=O)[C@@H]([C@@H]2CO[Si](C(C)C)(C(C)C)O[Si](C(C)C)(C(C)C)O2)O1. The quantitative estimate of drug-likeness (QED) is 0.0563. The fraction of sp³-hybridized carbons (Fsp3) is 0.786. The second kappa shape index (κ2) is 32.5. The highest BCUT2D eigenvalue weighted by atomic mass is 28.5. The summed E-state index contributed by atoms with van der Waals surface area (Å²) in [5, 5.41) is 12.8.